The van der Waals surface area contributed by atoms with Crippen molar-refractivity contribution < 1.29 is 4.79 Å². The predicted octanol–water partition coefficient (Wildman–Crippen LogP) is 3.04. The number of nitrogens with zero attached hydrogens (tertiary/aromatic N) is 3. The summed E-state index contributed by atoms with van der Waals surface area (Å²) in [6.45, 7) is 7.02. The van der Waals surface area contributed by atoms with Crippen LogP contribution in [-0.2, 0) is 13.0 Å². The SMILES string of the molecule is C#CCn1cc2c3c(cccc31)C1C[C@H](NC(=O)N(CC)CC)CN(C)[C@@H]1C2. The lowest BCUT2D eigenvalue weighted by molar-refractivity contribution is 0.124. The molecule has 0 radical (unpaired) electrons. The second kappa shape index (κ2) is 7.52. The van der Waals surface area contributed by atoms with Gasteiger partial charge in [0.2, 0.25) is 0 Å². The molecule has 5 heteroatoms. The van der Waals surface area contributed by atoms with E-state index in [9.17, 15) is 4.79 Å². The number of likely N-dealkylation sites (N-methyl/N-ethyl adjacent to an activating group) is 1. The average molecular weight is 379 g/mol. The first-order valence-corrected chi connectivity index (χ1v) is 10.4. The smallest absolute Gasteiger partial charge is 0.317 e. The van der Waals surface area contributed by atoms with Crippen LogP contribution in [0.5, 0.6) is 0 Å². The van der Waals surface area contributed by atoms with Gasteiger partial charge in [0.1, 0.15) is 0 Å². The molecular weight excluding hydrogens is 348 g/mol. The number of urea groups is 1. The summed E-state index contributed by atoms with van der Waals surface area (Å²) < 4.78 is 2.20. The number of aromatic nitrogens is 1. The Labute approximate surface area is 167 Å². The number of amides is 2. The lowest BCUT2D eigenvalue weighted by Crippen LogP contribution is -2.56. The highest BCUT2D eigenvalue weighted by atomic mass is 16.2. The normalized spacial score (nSPS) is 23.9. The number of piperidine rings is 1. The van der Waals surface area contributed by atoms with Gasteiger partial charge in [-0.05, 0) is 50.9 Å². The van der Waals surface area contributed by atoms with E-state index in [1.165, 1.54) is 22.0 Å². The second-order valence-corrected chi connectivity index (χ2v) is 8.10. The lowest BCUT2D eigenvalue weighted by Gasteiger charge is -2.45. The standard InChI is InChI=1S/C23H30N4O/c1-5-11-27-14-16-12-21-19(18-9-8-10-20(27)22(16)18)13-17(15-25(21)4)24-23(28)26(6-2)7-3/h1,8-10,14,17,19,21H,6-7,11-13,15H2,2-4H3,(H,24,28)/t17-,19?,21+/m0/s1. The third kappa shape index (κ3) is 3.06. The number of hydrogen-bond donors (Lipinski definition) is 1. The fourth-order valence-corrected chi connectivity index (χ4v) is 5.23. The summed E-state index contributed by atoms with van der Waals surface area (Å²) in [5, 5.41) is 4.66. The number of rotatable bonds is 4. The Bertz CT molecular complexity index is 921. The van der Waals surface area contributed by atoms with Gasteiger partial charge in [-0.15, -0.1) is 6.42 Å². The number of hydrogen-bond acceptors (Lipinski definition) is 2. The summed E-state index contributed by atoms with van der Waals surface area (Å²) in [4.78, 5) is 16.9. The molecule has 1 fully saturated rings. The fourth-order valence-electron chi connectivity index (χ4n) is 5.23. The average Bonchev–Trinajstić information content (AvgIpc) is 3.03. The first kappa shape index (κ1) is 18.9. The van der Waals surface area contributed by atoms with Gasteiger partial charge in [-0.1, -0.05) is 18.1 Å². The lowest BCUT2D eigenvalue weighted by atomic mass is 9.74. The first-order valence-electron chi connectivity index (χ1n) is 10.4. The van der Waals surface area contributed by atoms with Gasteiger partial charge in [-0.2, -0.15) is 0 Å². The summed E-state index contributed by atoms with van der Waals surface area (Å²) in [6.07, 6.45) is 9.86. The van der Waals surface area contributed by atoms with E-state index in [-0.39, 0.29) is 12.1 Å². The van der Waals surface area contributed by atoms with Crippen molar-refractivity contribution in [1.29, 1.82) is 0 Å². The highest BCUT2D eigenvalue weighted by Crippen LogP contribution is 2.43. The van der Waals surface area contributed by atoms with E-state index in [1.807, 2.05) is 18.7 Å². The number of carbonyl (C=O) groups is 1. The minimum Gasteiger partial charge on any atom is -0.336 e. The van der Waals surface area contributed by atoms with Crippen LogP contribution in [-0.4, -0.2) is 59.2 Å². The monoisotopic (exact) mass is 378 g/mol. The van der Waals surface area contributed by atoms with E-state index < -0.39 is 0 Å². The Morgan fingerprint density at radius 2 is 2.14 bits per heavy atom. The molecule has 3 atom stereocenters. The molecule has 2 aromatic rings. The molecule has 1 saturated heterocycles. The zero-order valence-electron chi connectivity index (χ0n) is 17.1. The van der Waals surface area contributed by atoms with Crippen LogP contribution in [0.4, 0.5) is 4.79 Å². The van der Waals surface area contributed by atoms with Crippen LogP contribution in [0.15, 0.2) is 24.4 Å². The molecule has 0 spiro atoms. The number of terminal acetylenes is 1. The van der Waals surface area contributed by atoms with E-state index in [0.717, 1.165) is 32.5 Å². The highest BCUT2D eigenvalue weighted by Gasteiger charge is 2.40. The molecule has 2 amide bonds. The zero-order valence-corrected chi connectivity index (χ0v) is 17.1. The van der Waals surface area contributed by atoms with Crippen molar-refractivity contribution in [2.24, 2.45) is 0 Å². The maximum atomic E-state index is 12.6. The first-order chi connectivity index (χ1) is 13.6. The minimum absolute atomic E-state index is 0.0525. The van der Waals surface area contributed by atoms with Gasteiger partial charge >= 0.3 is 6.03 Å². The Balaban J connectivity index is 1.64. The van der Waals surface area contributed by atoms with Crippen molar-refractivity contribution in [3.05, 3.63) is 35.5 Å². The molecule has 1 N–H and O–H groups in total. The third-order valence-electron chi connectivity index (χ3n) is 6.56. The van der Waals surface area contributed by atoms with Gasteiger partial charge in [-0.3, -0.25) is 0 Å². The molecule has 1 aliphatic heterocycles. The van der Waals surface area contributed by atoms with Crippen molar-refractivity contribution in [1.82, 2.24) is 19.7 Å². The summed E-state index contributed by atoms with van der Waals surface area (Å²) >= 11 is 0. The molecule has 4 rings (SSSR count). The molecule has 1 aromatic heterocycles. The van der Waals surface area contributed by atoms with E-state index in [1.54, 1.807) is 0 Å². The second-order valence-electron chi connectivity index (χ2n) is 8.10. The number of fused-ring (bicyclic) bond motifs is 2. The summed E-state index contributed by atoms with van der Waals surface area (Å²) in [6, 6.07) is 7.29. The molecular formula is C23H30N4O. The number of nitrogens with one attached hydrogen (secondary N) is 1. The Hall–Kier alpha value is -2.45. The van der Waals surface area contributed by atoms with Crippen LogP contribution >= 0.6 is 0 Å². The van der Waals surface area contributed by atoms with Crippen LogP contribution in [0.2, 0.25) is 0 Å². The Morgan fingerprint density at radius 3 is 2.86 bits per heavy atom. The van der Waals surface area contributed by atoms with Gasteiger partial charge in [0.25, 0.3) is 0 Å². The predicted molar refractivity (Wildman–Crippen MR) is 113 cm³/mol. The van der Waals surface area contributed by atoms with E-state index in [4.69, 9.17) is 6.42 Å². The van der Waals surface area contributed by atoms with Gasteiger partial charge in [0.05, 0.1) is 6.54 Å². The molecule has 1 aliphatic carbocycles. The van der Waals surface area contributed by atoms with E-state index >= 15 is 0 Å². The number of likely N-dealkylation sites (tertiary alicyclic amines) is 1. The van der Waals surface area contributed by atoms with E-state index in [0.29, 0.717) is 18.5 Å². The molecule has 28 heavy (non-hydrogen) atoms. The number of carbonyl (C=O) groups excluding carboxylic acids is 1. The molecule has 148 valence electrons. The minimum atomic E-state index is 0.0525. The van der Waals surface area contributed by atoms with Crippen LogP contribution in [0.3, 0.4) is 0 Å². The maximum absolute atomic E-state index is 12.6. The maximum Gasteiger partial charge on any atom is 0.317 e. The largest absolute Gasteiger partial charge is 0.336 e. The summed E-state index contributed by atoms with van der Waals surface area (Å²) in [5.41, 5.74) is 4.05. The van der Waals surface area contributed by atoms with Crippen LogP contribution in [0.1, 0.15) is 37.3 Å². The summed E-state index contributed by atoms with van der Waals surface area (Å²) in [5.74, 6) is 3.20. The van der Waals surface area contributed by atoms with Crippen LogP contribution in [0.25, 0.3) is 10.9 Å². The van der Waals surface area contributed by atoms with Gasteiger partial charge in [-0.25, -0.2) is 4.79 Å². The molecule has 1 aromatic carbocycles. The third-order valence-corrected chi connectivity index (χ3v) is 6.56. The quantitative estimate of drug-likeness (QED) is 0.831. The Kier molecular flexibility index (Phi) is 5.07. The molecule has 0 bridgehead atoms. The van der Waals surface area contributed by atoms with Crippen LogP contribution < -0.4 is 5.32 Å². The number of benzene rings is 1. The topological polar surface area (TPSA) is 40.5 Å². The van der Waals surface area contributed by atoms with Crippen molar-refractivity contribution in [2.75, 3.05) is 26.7 Å². The van der Waals surface area contributed by atoms with Crippen molar-refractivity contribution in [3.8, 4) is 12.3 Å². The summed E-state index contributed by atoms with van der Waals surface area (Å²) in [7, 11) is 2.19. The van der Waals surface area contributed by atoms with Gasteiger partial charge < -0.3 is 19.7 Å². The molecule has 1 unspecified atom stereocenters. The van der Waals surface area contributed by atoms with Crippen LogP contribution in [0, 0.1) is 12.3 Å². The van der Waals surface area contributed by atoms with Gasteiger partial charge in [0.15, 0.2) is 0 Å². The van der Waals surface area contributed by atoms with Crippen molar-refractivity contribution in [2.45, 2.75) is 51.2 Å². The zero-order chi connectivity index (χ0) is 19.8. The molecule has 0 saturated carbocycles. The fraction of sp³-hybridized carbons (Fsp3) is 0.522. The van der Waals surface area contributed by atoms with Gasteiger partial charge in [0, 0.05) is 54.7 Å². The molecule has 2 heterocycles. The highest BCUT2D eigenvalue weighted by molar-refractivity contribution is 5.89. The van der Waals surface area contributed by atoms with Crippen molar-refractivity contribution in [3.63, 3.8) is 0 Å². The molecule has 5 nitrogen and oxygen atoms in total. The Morgan fingerprint density at radius 1 is 1.36 bits per heavy atom. The molecule has 2 aliphatic rings. The van der Waals surface area contributed by atoms with E-state index in [2.05, 4.69) is 52.1 Å². The van der Waals surface area contributed by atoms with Crippen molar-refractivity contribution >= 4 is 16.9 Å².